The Kier molecular flexibility index (Phi) is 1.67. The van der Waals surface area contributed by atoms with Crippen molar-refractivity contribution in [3.63, 3.8) is 0 Å². The van der Waals surface area contributed by atoms with E-state index in [1.807, 2.05) is 6.07 Å². The summed E-state index contributed by atoms with van der Waals surface area (Å²) in [6.07, 6.45) is 0. The maximum atomic E-state index is 13.1. The van der Waals surface area contributed by atoms with E-state index in [0.29, 0.717) is 4.70 Å². The number of hydrogen-bond acceptors (Lipinski definition) is 3. The zero-order valence-corrected chi connectivity index (χ0v) is 7.23. The molecule has 0 spiro atoms. The third-order valence-corrected chi connectivity index (χ3v) is 2.79. The van der Waals surface area contributed by atoms with E-state index in [1.54, 1.807) is 12.1 Å². The molecule has 0 atom stereocenters. The molecule has 2 rings (SSSR count). The van der Waals surface area contributed by atoms with E-state index in [9.17, 15) is 9.50 Å². The highest BCUT2D eigenvalue weighted by Crippen LogP contribution is 2.37. The van der Waals surface area contributed by atoms with E-state index in [2.05, 4.69) is 0 Å². The second-order valence-corrected chi connectivity index (χ2v) is 3.56. The molecule has 0 unspecified atom stereocenters. The number of benzene rings is 1. The summed E-state index contributed by atoms with van der Waals surface area (Å²) < 4.78 is 13.7. The van der Waals surface area contributed by atoms with Crippen molar-refractivity contribution in [2.24, 2.45) is 0 Å². The Hall–Kier alpha value is -1.60. The summed E-state index contributed by atoms with van der Waals surface area (Å²) in [6.45, 7) is 0. The molecule has 1 aromatic carbocycles. The van der Waals surface area contributed by atoms with Gasteiger partial charge in [0.15, 0.2) is 5.75 Å². The van der Waals surface area contributed by atoms with Gasteiger partial charge in [0.1, 0.15) is 16.8 Å². The van der Waals surface area contributed by atoms with Gasteiger partial charge in [-0.15, -0.1) is 11.3 Å². The molecule has 0 saturated heterocycles. The van der Waals surface area contributed by atoms with Crippen molar-refractivity contribution in [1.29, 1.82) is 5.26 Å². The van der Waals surface area contributed by atoms with Crippen LogP contribution in [-0.2, 0) is 0 Å². The van der Waals surface area contributed by atoms with Crippen LogP contribution in [0.5, 0.6) is 5.75 Å². The second-order valence-electron chi connectivity index (χ2n) is 2.50. The summed E-state index contributed by atoms with van der Waals surface area (Å²) in [7, 11) is 0. The van der Waals surface area contributed by atoms with Crippen LogP contribution in [-0.4, -0.2) is 5.11 Å². The molecule has 0 aliphatic carbocycles. The predicted octanol–water partition coefficient (Wildman–Crippen LogP) is 2.62. The number of halogens is 1. The first-order chi connectivity index (χ1) is 6.24. The largest absolute Gasteiger partial charge is 0.505 e. The third-order valence-electron chi connectivity index (χ3n) is 1.74. The molecule has 0 aliphatic heterocycles. The van der Waals surface area contributed by atoms with Crippen molar-refractivity contribution < 1.29 is 9.50 Å². The first-order valence-electron chi connectivity index (χ1n) is 3.54. The minimum absolute atomic E-state index is 0.143. The highest BCUT2D eigenvalue weighted by atomic mass is 32.1. The van der Waals surface area contributed by atoms with Crippen LogP contribution in [0.1, 0.15) is 4.88 Å². The topological polar surface area (TPSA) is 44.0 Å². The summed E-state index contributed by atoms with van der Waals surface area (Å²) in [6, 6.07) is 6.29. The Morgan fingerprint density at radius 2 is 2.23 bits per heavy atom. The van der Waals surface area contributed by atoms with Gasteiger partial charge in [-0.25, -0.2) is 4.39 Å². The van der Waals surface area contributed by atoms with Gasteiger partial charge in [-0.05, 0) is 12.1 Å². The van der Waals surface area contributed by atoms with Crippen molar-refractivity contribution in [2.45, 2.75) is 0 Å². The molecule has 13 heavy (non-hydrogen) atoms. The average molecular weight is 193 g/mol. The predicted molar refractivity (Wildman–Crippen MR) is 48.2 cm³/mol. The molecule has 0 aliphatic rings. The van der Waals surface area contributed by atoms with Gasteiger partial charge >= 0.3 is 0 Å². The van der Waals surface area contributed by atoms with Gasteiger partial charge in [-0.2, -0.15) is 5.26 Å². The van der Waals surface area contributed by atoms with Gasteiger partial charge in [-0.3, -0.25) is 0 Å². The maximum Gasteiger partial charge on any atom is 0.155 e. The van der Waals surface area contributed by atoms with E-state index < -0.39 is 5.82 Å². The summed E-state index contributed by atoms with van der Waals surface area (Å²) >= 11 is 1.09. The monoisotopic (exact) mass is 193 g/mol. The van der Waals surface area contributed by atoms with Crippen molar-refractivity contribution in [2.75, 3.05) is 0 Å². The maximum absolute atomic E-state index is 13.1. The van der Waals surface area contributed by atoms with Gasteiger partial charge < -0.3 is 5.11 Å². The summed E-state index contributed by atoms with van der Waals surface area (Å²) in [5.41, 5.74) is 0. The van der Waals surface area contributed by atoms with Crippen molar-refractivity contribution in [3.8, 4) is 11.8 Å². The number of fused-ring (bicyclic) bond motifs is 1. The number of hydrogen-bond donors (Lipinski definition) is 1. The highest BCUT2D eigenvalue weighted by molar-refractivity contribution is 7.20. The highest BCUT2D eigenvalue weighted by Gasteiger charge is 2.13. The SMILES string of the molecule is N#Cc1sc2cccc(F)c2c1O. The van der Waals surface area contributed by atoms with Crippen molar-refractivity contribution in [3.05, 3.63) is 28.9 Å². The van der Waals surface area contributed by atoms with E-state index >= 15 is 0 Å². The summed E-state index contributed by atoms with van der Waals surface area (Å²) in [4.78, 5) is 0.153. The minimum Gasteiger partial charge on any atom is -0.505 e. The van der Waals surface area contributed by atoms with Crippen LogP contribution in [0.2, 0.25) is 0 Å². The molecule has 64 valence electrons. The molecule has 1 heterocycles. The summed E-state index contributed by atoms with van der Waals surface area (Å²) in [5, 5.41) is 18.1. The van der Waals surface area contributed by atoms with E-state index in [-0.39, 0.29) is 16.0 Å². The molecule has 0 amide bonds. The number of rotatable bonds is 0. The first-order valence-corrected chi connectivity index (χ1v) is 4.35. The smallest absolute Gasteiger partial charge is 0.155 e. The molecule has 0 fully saturated rings. The van der Waals surface area contributed by atoms with Crippen molar-refractivity contribution >= 4 is 21.4 Å². The fourth-order valence-corrected chi connectivity index (χ4v) is 2.07. The van der Waals surface area contributed by atoms with Gasteiger partial charge in [0.25, 0.3) is 0 Å². The van der Waals surface area contributed by atoms with Crippen LogP contribution in [0, 0.1) is 17.1 Å². The molecule has 1 N–H and O–H groups in total. The molecular weight excluding hydrogens is 189 g/mol. The van der Waals surface area contributed by atoms with Gasteiger partial charge in [-0.1, -0.05) is 6.07 Å². The fourth-order valence-electron chi connectivity index (χ4n) is 1.17. The Morgan fingerprint density at radius 3 is 2.85 bits per heavy atom. The van der Waals surface area contributed by atoms with Crippen LogP contribution in [0.3, 0.4) is 0 Å². The van der Waals surface area contributed by atoms with Crippen LogP contribution in [0.4, 0.5) is 4.39 Å². The van der Waals surface area contributed by atoms with Gasteiger partial charge in [0.2, 0.25) is 0 Å². The summed E-state index contributed by atoms with van der Waals surface area (Å²) in [5.74, 6) is -0.742. The van der Waals surface area contributed by atoms with Crippen LogP contribution < -0.4 is 0 Å². The zero-order valence-electron chi connectivity index (χ0n) is 6.41. The molecule has 1 aromatic heterocycles. The second kappa shape index (κ2) is 2.71. The zero-order chi connectivity index (χ0) is 9.42. The number of nitrogens with zero attached hydrogens (tertiary/aromatic N) is 1. The molecule has 0 saturated carbocycles. The molecular formula is C9H4FNOS. The quantitative estimate of drug-likeness (QED) is 0.698. The Bertz CT molecular complexity index is 512. The third kappa shape index (κ3) is 1.05. The molecule has 2 aromatic rings. The number of aromatic hydroxyl groups is 1. The Balaban J connectivity index is 2.95. The fraction of sp³-hybridized carbons (Fsp3) is 0. The number of thiophene rings is 1. The van der Waals surface area contributed by atoms with E-state index in [1.165, 1.54) is 6.07 Å². The Labute approximate surface area is 77.5 Å². The van der Waals surface area contributed by atoms with E-state index in [4.69, 9.17) is 5.26 Å². The van der Waals surface area contributed by atoms with E-state index in [0.717, 1.165) is 11.3 Å². The molecule has 0 bridgehead atoms. The Morgan fingerprint density at radius 1 is 1.46 bits per heavy atom. The van der Waals surface area contributed by atoms with Crippen LogP contribution >= 0.6 is 11.3 Å². The van der Waals surface area contributed by atoms with Crippen LogP contribution in [0.15, 0.2) is 18.2 Å². The average Bonchev–Trinajstić information content (AvgIpc) is 2.44. The van der Waals surface area contributed by atoms with Crippen LogP contribution in [0.25, 0.3) is 10.1 Å². The molecule has 0 radical (unpaired) electrons. The molecule has 4 heteroatoms. The normalized spacial score (nSPS) is 10.2. The van der Waals surface area contributed by atoms with Gasteiger partial charge in [0, 0.05) is 4.70 Å². The van der Waals surface area contributed by atoms with Crippen molar-refractivity contribution in [1.82, 2.24) is 0 Å². The standard InChI is InChI=1S/C9H4FNOS/c10-5-2-1-3-6-8(5)9(12)7(4-11)13-6/h1-3,12H. The number of nitriles is 1. The lowest BCUT2D eigenvalue weighted by molar-refractivity contribution is 0.479. The minimum atomic E-state index is -0.493. The first kappa shape index (κ1) is 8.02. The lowest BCUT2D eigenvalue weighted by atomic mass is 10.2. The lowest BCUT2D eigenvalue weighted by Gasteiger charge is -1.91. The lowest BCUT2D eigenvalue weighted by Crippen LogP contribution is -1.73. The molecule has 2 nitrogen and oxygen atoms in total. The van der Waals surface area contributed by atoms with Gasteiger partial charge in [0.05, 0.1) is 5.39 Å².